The van der Waals surface area contributed by atoms with Gasteiger partial charge in [0.15, 0.2) is 0 Å². The fraction of sp³-hybridized carbons (Fsp3) is 0. The second-order valence-electron chi connectivity index (χ2n) is 4.50. The number of non-ortho nitro benzene ring substituents is 1. The molecule has 0 unspecified atom stereocenters. The number of aromatic hydroxyl groups is 2. The van der Waals surface area contributed by atoms with E-state index in [9.17, 15) is 20.3 Å². The molecule has 2 aromatic carbocycles. The van der Waals surface area contributed by atoms with Crippen molar-refractivity contribution in [2.75, 3.05) is 0 Å². The Bertz CT molecular complexity index is 902. The summed E-state index contributed by atoms with van der Waals surface area (Å²) in [5, 5.41) is 31.2. The molecule has 0 fully saturated rings. The van der Waals surface area contributed by atoms with Crippen LogP contribution in [0.5, 0.6) is 11.5 Å². The molecule has 0 saturated carbocycles. The van der Waals surface area contributed by atoms with Gasteiger partial charge in [0.05, 0.1) is 15.9 Å². The Hall–Kier alpha value is -2.93. The third-order valence-corrected chi connectivity index (χ3v) is 4.18. The molecule has 1 heterocycles. The van der Waals surface area contributed by atoms with Crippen molar-refractivity contribution in [3.05, 3.63) is 57.5 Å². The summed E-state index contributed by atoms with van der Waals surface area (Å²) in [5.74, 6) is -0.156. The predicted octanol–water partition coefficient (Wildman–Crippen LogP) is 3.97. The van der Waals surface area contributed by atoms with Crippen LogP contribution in [0.15, 0.2) is 47.5 Å². The van der Waals surface area contributed by atoms with E-state index in [-0.39, 0.29) is 22.9 Å². The van der Waals surface area contributed by atoms with Gasteiger partial charge in [0.25, 0.3) is 5.69 Å². The third kappa shape index (κ3) is 2.49. The van der Waals surface area contributed by atoms with Gasteiger partial charge < -0.3 is 10.2 Å². The van der Waals surface area contributed by atoms with Crippen LogP contribution >= 0.6 is 11.3 Å². The number of rotatable bonds is 3. The lowest BCUT2D eigenvalue weighted by Crippen LogP contribution is -1.86. The number of fused-ring (bicyclic) bond motifs is 1. The molecule has 0 aliphatic carbocycles. The lowest BCUT2D eigenvalue weighted by molar-refractivity contribution is -0.384. The van der Waals surface area contributed by atoms with E-state index in [2.05, 4.69) is 4.99 Å². The molecule has 0 radical (unpaired) electrons. The number of thiophene rings is 1. The van der Waals surface area contributed by atoms with E-state index in [4.69, 9.17) is 0 Å². The van der Waals surface area contributed by atoms with Crippen LogP contribution in [0.3, 0.4) is 0 Å². The summed E-state index contributed by atoms with van der Waals surface area (Å²) < 4.78 is 0.925. The van der Waals surface area contributed by atoms with Gasteiger partial charge in [-0.15, -0.1) is 11.3 Å². The second-order valence-corrected chi connectivity index (χ2v) is 5.58. The average Bonchev–Trinajstić information content (AvgIpc) is 2.83. The summed E-state index contributed by atoms with van der Waals surface area (Å²) in [5.41, 5.74) is -0.0105. The minimum atomic E-state index is -0.592. The molecule has 22 heavy (non-hydrogen) atoms. The van der Waals surface area contributed by atoms with Crippen LogP contribution in [0.4, 0.5) is 11.4 Å². The topological polar surface area (TPSA) is 96.0 Å². The molecule has 6 nitrogen and oxygen atoms in total. The SMILES string of the molecule is O=[N+]([O-])c1ccc(N=Cc2sc3ccccc3c2O)c(O)c1. The molecule has 7 heteroatoms. The van der Waals surface area contributed by atoms with E-state index in [0.29, 0.717) is 4.88 Å². The molecule has 0 saturated heterocycles. The smallest absolute Gasteiger partial charge is 0.273 e. The Morgan fingerprint density at radius 1 is 1.18 bits per heavy atom. The van der Waals surface area contributed by atoms with Crippen molar-refractivity contribution in [2.24, 2.45) is 4.99 Å². The number of benzene rings is 2. The quantitative estimate of drug-likeness (QED) is 0.434. The average molecular weight is 314 g/mol. The zero-order chi connectivity index (χ0) is 15.7. The Morgan fingerprint density at radius 2 is 1.95 bits per heavy atom. The fourth-order valence-corrected chi connectivity index (χ4v) is 2.97. The molecule has 0 aliphatic heterocycles. The predicted molar refractivity (Wildman–Crippen MR) is 85.5 cm³/mol. The van der Waals surface area contributed by atoms with Crippen LogP contribution in [-0.2, 0) is 0 Å². The summed E-state index contributed by atoms with van der Waals surface area (Å²) in [6, 6.07) is 11.1. The summed E-state index contributed by atoms with van der Waals surface area (Å²) in [4.78, 5) is 14.7. The zero-order valence-corrected chi connectivity index (χ0v) is 11.9. The first-order valence-corrected chi connectivity index (χ1v) is 7.10. The molecule has 0 atom stereocenters. The lowest BCUT2D eigenvalue weighted by atomic mass is 10.2. The first kappa shape index (κ1) is 14.0. The Kier molecular flexibility index (Phi) is 3.48. The van der Waals surface area contributed by atoms with Crippen molar-refractivity contribution >= 4 is 39.0 Å². The molecular weight excluding hydrogens is 304 g/mol. The number of aliphatic imine (C=N–C) groups is 1. The highest BCUT2D eigenvalue weighted by atomic mass is 32.1. The van der Waals surface area contributed by atoms with Crippen molar-refractivity contribution in [3.63, 3.8) is 0 Å². The van der Waals surface area contributed by atoms with E-state index in [1.54, 1.807) is 0 Å². The van der Waals surface area contributed by atoms with Crippen LogP contribution in [0.25, 0.3) is 10.1 Å². The molecule has 0 spiro atoms. The van der Waals surface area contributed by atoms with Crippen molar-refractivity contribution in [1.29, 1.82) is 0 Å². The monoisotopic (exact) mass is 314 g/mol. The van der Waals surface area contributed by atoms with Crippen LogP contribution in [0, 0.1) is 10.1 Å². The Balaban J connectivity index is 1.96. The largest absolute Gasteiger partial charge is 0.506 e. The Labute approximate surface area is 128 Å². The lowest BCUT2D eigenvalue weighted by Gasteiger charge is -1.98. The number of hydrogen-bond acceptors (Lipinski definition) is 6. The van der Waals surface area contributed by atoms with Crippen LogP contribution in [-0.4, -0.2) is 21.4 Å². The van der Waals surface area contributed by atoms with Crippen molar-refractivity contribution in [1.82, 2.24) is 0 Å². The van der Waals surface area contributed by atoms with Gasteiger partial charge in [-0.25, -0.2) is 0 Å². The van der Waals surface area contributed by atoms with Gasteiger partial charge in [-0.2, -0.15) is 0 Å². The number of nitro benzene ring substituents is 1. The molecule has 3 rings (SSSR count). The number of nitro groups is 1. The number of nitrogens with zero attached hydrogens (tertiary/aromatic N) is 2. The zero-order valence-electron chi connectivity index (χ0n) is 11.1. The van der Waals surface area contributed by atoms with Gasteiger partial charge >= 0.3 is 0 Å². The second kappa shape index (κ2) is 5.45. The van der Waals surface area contributed by atoms with Gasteiger partial charge in [-0.3, -0.25) is 15.1 Å². The highest BCUT2D eigenvalue weighted by Gasteiger charge is 2.11. The van der Waals surface area contributed by atoms with Crippen molar-refractivity contribution < 1.29 is 15.1 Å². The van der Waals surface area contributed by atoms with Gasteiger partial charge in [0, 0.05) is 22.4 Å². The maximum atomic E-state index is 10.6. The summed E-state index contributed by atoms with van der Waals surface area (Å²) >= 11 is 1.37. The summed E-state index contributed by atoms with van der Waals surface area (Å²) in [6.07, 6.45) is 1.43. The molecule has 0 bridgehead atoms. The number of hydrogen-bond donors (Lipinski definition) is 2. The van der Waals surface area contributed by atoms with Crippen molar-refractivity contribution in [2.45, 2.75) is 0 Å². The maximum Gasteiger partial charge on any atom is 0.273 e. The fourth-order valence-electron chi connectivity index (χ4n) is 2.00. The molecule has 3 aromatic rings. The highest BCUT2D eigenvalue weighted by molar-refractivity contribution is 7.21. The van der Waals surface area contributed by atoms with E-state index in [1.807, 2.05) is 24.3 Å². The third-order valence-electron chi connectivity index (χ3n) is 3.09. The van der Waals surface area contributed by atoms with Gasteiger partial charge in [-0.05, 0) is 18.2 Å². The molecule has 1 aromatic heterocycles. The number of phenols is 1. The van der Waals surface area contributed by atoms with Crippen molar-refractivity contribution in [3.8, 4) is 11.5 Å². The minimum absolute atomic E-state index is 0.130. The highest BCUT2D eigenvalue weighted by Crippen LogP contribution is 2.36. The summed E-state index contributed by atoms with van der Waals surface area (Å²) in [7, 11) is 0. The van der Waals surface area contributed by atoms with Gasteiger partial charge in [0.2, 0.25) is 0 Å². The minimum Gasteiger partial charge on any atom is -0.506 e. The molecular formula is C15H10N2O4S. The van der Waals surface area contributed by atoms with E-state index < -0.39 is 4.92 Å². The van der Waals surface area contributed by atoms with Crippen LogP contribution in [0.1, 0.15) is 4.88 Å². The van der Waals surface area contributed by atoms with Gasteiger partial charge in [0.1, 0.15) is 17.2 Å². The van der Waals surface area contributed by atoms with E-state index in [0.717, 1.165) is 16.2 Å². The standard InChI is InChI=1S/C15H10N2O4S/c18-12-7-9(17(20)21)5-6-11(12)16-8-14-15(19)10-3-1-2-4-13(10)22-14/h1-8,18-19H. The van der Waals surface area contributed by atoms with Crippen LogP contribution < -0.4 is 0 Å². The summed E-state index contributed by atoms with van der Waals surface area (Å²) in [6.45, 7) is 0. The molecule has 110 valence electrons. The normalized spacial score (nSPS) is 11.3. The van der Waals surface area contributed by atoms with E-state index >= 15 is 0 Å². The van der Waals surface area contributed by atoms with Crippen LogP contribution in [0.2, 0.25) is 0 Å². The molecule has 0 amide bonds. The first-order valence-electron chi connectivity index (χ1n) is 6.28. The molecule has 2 N–H and O–H groups in total. The number of phenolic OH excluding ortho intramolecular Hbond substituents is 1. The van der Waals surface area contributed by atoms with E-state index in [1.165, 1.54) is 29.7 Å². The van der Waals surface area contributed by atoms with Gasteiger partial charge in [-0.1, -0.05) is 12.1 Å². The first-order chi connectivity index (χ1) is 10.6. The Morgan fingerprint density at radius 3 is 2.64 bits per heavy atom. The maximum absolute atomic E-state index is 10.6. The molecule has 0 aliphatic rings.